The van der Waals surface area contributed by atoms with Crippen molar-refractivity contribution in [3.63, 3.8) is 0 Å². The lowest BCUT2D eigenvalue weighted by Gasteiger charge is -2.49. The van der Waals surface area contributed by atoms with Crippen molar-refractivity contribution in [2.45, 2.75) is 62.9 Å². The molecule has 1 aromatic heterocycles. The van der Waals surface area contributed by atoms with Crippen molar-refractivity contribution in [3.05, 3.63) is 113 Å². The van der Waals surface area contributed by atoms with Gasteiger partial charge in [-0.15, -0.1) is 34.9 Å². The first kappa shape index (κ1) is 52.0. The molecule has 5 aromatic rings. The number of carbonyl (C=O) groups excluding carboxylic acids is 1. The van der Waals surface area contributed by atoms with E-state index < -0.39 is 116 Å². The zero-order valence-corrected chi connectivity index (χ0v) is 44.2. The topological polar surface area (TPSA) is 255 Å². The number of carbonyl (C=O) groups is 1. The van der Waals surface area contributed by atoms with Gasteiger partial charge in [0.2, 0.25) is 5.36 Å². The molecule has 2 unspecified atom stereocenters. The maximum atomic E-state index is 17.8. The van der Waals surface area contributed by atoms with Crippen LogP contribution in [0, 0.1) is 17.6 Å². The second kappa shape index (κ2) is 17.9. The second-order valence-electron chi connectivity index (χ2n) is 17.4. The van der Waals surface area contributed by atoms with Crippen molar-refractivity contribution in [1.29, 1.82) is 0 Å². The number of ether oxygens (including phenoxy) is 2. The van der Waals surface area contributed by atoms with Crippen LogP contribution in [0.25, 0.3) is 16.0 Å². The summed E-state index contributed by atoms with van der Waals surface area (Å²) in [4.78, 5) is 12.6. The number of esters is 1. The van der Waals surface area contributed by atoms with Gasteiger partial charge < -0.3 is 33.3 Å². The summed E-state index contributed by atoms with van der Waals surface area (Å²) in [6.45, 7) is 7.53. The van der Waals surface area contributed by atoms with E-state index in [2.05, 4.69) is 9.37 Å². The van der Waals surface area contributed by atoms with Crippen molar-refractivity contribution in [3.8, 4) is 27.7 Å². The van der Waals surface area contributed by atoms with E-state index in [1.54, 1.807) is 38.4 Å². The van der Waals surface area contributed by atoms with Crippen LogP contribution in [0.5, 0.6) is 17.2 Å². The lowest BCUT2D eigenvalue weighted by molar-refractivity contribution is -0.777. The monoisotopic (exact) mass is 1150 g/mol. The predicted octanol–water partition coefficient (Wildman–Crippen LogP) is 6.48. The molecule has 4 aliphatic heterocycles. The highest BCUT2D eigenvalue weighted by atomic mass is 35.5. The molecular weight excluding hydrogens is 1120 g/mol. The third-order valence-corrected chi connectivity index (χ3v) is 20.7. The smallest absolute Gasteiger partial charge is 0.321 e. The molecule has 0 saturated heterocycles. The maximum Gasteiger partial charge on any atom is 0.321 e. The van der Waals surface area contributed by atoms with Crippen molar-refractivity contribution in [2.75, 3.05) is 24.7 Å². The van der Waals surface area contributed by atoms with Crippen molar-refractivity contribution in [2.24, 2.45) is 5.92 Å². The standard InChI is InChI=1S/C43H34Cl2F2N2O15S7/c1-42(2)22-11-33(68-64-63-51)66-39(22)18-9-20-29(14-27(18)48(42)5)61-30-15-28-19(40-23(43(3,4)49(28)6)12-34(67-40)70(55,56)57)10-21(30)35(20)36-37(47)31(13-26(46)41(36)71(58,59)60)65-16-32(50)62-38-24(44)7-17(8-25(38)45)69(52,53)54/h7-15,23,40H,16H2,1-6H3,(H3-,51,52,53,54,55,56,57,58,59,60)/p-3. The molecule has 0 amide bonds. The first-order valence-electron chi connectivity index (χ1n) is 20.2. The number of hydrogen-bond donors (Lipinski definition) is 0. The Bertz CT molecular complexity index is 3720. The third-order valence-electron chi connectivity index (χ3n) is 12.9. The van der Waals surface area contributed by atoms with Crippen molar-refractivity contribution < 1.29 is 76.6 Å². The second-order valence-corrected chi connectivity index (χ2v) is 26.7. The summed E-state index contributed by atoms with van der Waals surface area (Å²) >= 11 is 15.1. The SMILES string of the molecule is CN1c2cc3c(cc2C2SC(S(=O)(=O)[O-])=CC2C1(C)C)C(c1c(F)c(SCC(=O)Oc2c(Cl)cc(S(=O)(=O)[O-])cc2Cl)cc(F)c1S(=O)(=O)[O-])=c1cc2c(cc1O3)=[N+](C)C(C)(C)c1cc(SOO[O-])sc1-2. The highest BCUT2D eigenvalue weighted by molar-refractivity contribution is 8.17. The quantitative estimate of drug-likeness (QED) is 0.0197. The normalized spacial score (nSPS) is 18.7. The highest BCUT2D eigenvalue weighted by Gasteiger charge is 2.50. The number of rotatable bonds is 11. The Morgan fingerprint density at radius 3 is 2.21 bits per heavy atom. The van der Waals surface area contributed by atoms with Crippen LogP contribution in [-0.4, -0.2) is 70.3 Å². The number of thioether (sulfide) groups is 2. The van der Waals surface area contributed by atoms with Gasteiger partial charge >= 0.3 is 5.97 Å². The summed E-state index contributed by atoms with van der Waals surface area (Å²) in [5.74, 6) is -6.48. The lowest BCUT2D eigenvalue weighted by atomic mass is 9.76. The minimum absolute atomic E-state index is 0.000899. The molecule has 0 bridgehead atoms. The fraction of sp³-hybridized carbons (Fsp3) is 0.256. The number of hydrogen-bond acceptors (Lipinski definition) is 20. The minimum atomic E-state index is -5.93. The van der Waals surface area contributed by atoms with Crippen LogP contribution in [0.4, 0.5) is 14.5 Å². The molecule has 4 aromatic carbocycles. The van der Waals surface area contributed by atoms with Gasteiger partial charge in [0, 0.05) is 81.7 Å². The van der Waals surface area contributed by atoms with E-state index in [1.807, 2.05) is 37.2 Å². The first-order chi connectivity index (χ1) is 32.9. The van der Waals surface area contributed by atoms with Gasteiger partial charge in [-0.05, 0) is 55.8 Å². The van der Waals surface area contributed by atoms with Crippen molar-refractivity contribution in [1.82, 2.24) is 4.58 Å². The molecule has 376 valence electrons. The minimum Gasteiger partial charge on any atom is -0.744 e. The Hall–Kier alpha value is -3.84. The summed E-state index contributed by atoms with van der Waals surface area (Å²) in [7, 11) is -12.4. The molecule has 0 aliphatic carbocycles. The van der Waals surface area contributed by atoms with E-state index in [0.29, 0.717) is 73.3 Å². The zero-order valence-electron chi connectivity index (χ0n) is 36.9. The highest BCUT2D eigenvalue weighted by Crippen LogP contribution is 2.61. The summed E-state index contributed by atoms with van der Waals surface area (Å²) in [5, 5.41) is 13.0. The number of benzene rings is 4. The van der Waals surface area contributed by atoms with Gasteiger partial charge in [0.15, 0.2) is 11.3 Å². The van der Waals surface area contributed by atoms with Gasteiger partial charge in [0.1, 0.15) is 65.4 Å². The Balaban J connectivity index is 1.30. The molecule has 28 heteroatoms. The Morgan fingerprint density at radius 1 is 0.915 bits per heavy atom. The van der Waals surface area contributed by atoms with Gasteiger partial charge in [0.25, 0.3) is 0 Å². The van der Waals surface area contributed by atoms with Crippen LogP contribution in [0.2, 0.25) is 10.0 Å². The molecule has 0 saturated carbocycles. The number of halogens is 4. The van der Waals surface area contributed by atoms with Gasteiger partial charge in [-0.3, -0.25) is 9.83 Å². The van der Waals surface area contributed by atoms with E-state index in [-0.39, 0.29) is 27.9 Å². The van der Waals surface area contributed by atoms with E-state index in [4.69, 9.17) is 32.7 Å². The largest absolute Gasteiger partial charge is 0.744 e. The molecule has 0 radical (unpaired) electrons. The summed E-state index contributed by atoms with van der Waals surface area (Å²) in [6, 6.07) is 9.74. The molecular formula is C43H31Cl2F2N2O15S7-3. The molecule has 17 nitrogen and oxygen atoms in total. The van der Waals surface area contributed by atoms with Crippen LogP contribution in [-0.2, 0) is 50.1 Å². The number of anilines is 1. The Labute approximate surface area is 430 Å². The molecule has 5 heterocycles. The fourth-order valence-corrected chi connectivity index (χ4v) is 16.0. The number of thiophene rings is 1. The molecule has 0 N–H and O–H groups in total. The van der Waals surface area contributed by atoms with E-state index in [9.17, 15) is 49.0 Å². The molecule has 0 fully saturated rings. The molecule has 9 rings (SSSR count). The van der Waals surface area contributed by atoms with Crippen LogP contribution < -0.4 is 34.8 Å². The van der Waals surface area contributed by atoms with E-state index in [0.717, 1.165) is 17.3 Å². The average Bonchev–Trinajstić information content (AvgIpc) is 3.94. The van der Waals surface area contributed by atoms with Crippen LogP contribution in [0.15, 0.2) is 77.7 Å². The average molecular weight is 1150 g/mol. The van der Waals surface area contributed by atoms with Gasteiger partial charge in [-0.2, -0.15) is 4.33 Å². The summed E-state index contributed by atoms with van der Waals surface area (Å²) < 4.78 is 165. The summed E-state index contributed by atoms with van der Waals surface area (Å²) in [5.41, 5.74) is -1.01. The zero-order chi connectivity index (χ0) is 51.8. The molecule has 0 spiro atoms. The fourth-order valence-electron chi connectivity index (χ4n) is 9.02. The van der Waals surface area contributed by atoms with Gasteiger partial charge in [-0.1, -0.05) is 29.3 Å². The number of fused-ring (bicyclic) bond motifs is 8. The van der Waals surface area contributed by atoms with Crippen LogP contribution in [0.1, 0.15) is 55.2 Å². The van der Waals surface area contributed by atoms with Crippen LogP contribution in [0.3, 0.4) is 0 Å². The number of nitrogens with zero attached hydrogens (tertiary/aromatic N) is 2. The predicted molar refractivity (Wildman–Crippen MR) is 255 cm³/mol. The summed E-state index contributed by atoms with van der Waals surface area (Å²) in [6.07, 6.45) is 1.37. The van der Waals surface area contributed by atoms with Gasteiger partial charge in [0.05, 0.1) is 57.7 Å². The lowest BCUT2D eigenvalue weighted by Crippen LogP contribution is -2.51. The third kappa shape index (κ3) is 8.88. The molecule has 4 aliphatic rings. The Morgan fingerprint density at radius 2 is 1.59 bits per heavy atom. The van der Waals surface area contributed by atoms with Gasteiger partial charge in [-0.25, -0.2) is 38.6 Å². The van der Waals surface area contributed by atoms with E-state index >= 15 is 8.78 Å². The molecule has 71 heavy (non-hydrogen) atoms. The first-order valence-corrected chi connectivity index (χ1v) is 28.6. The van der Waals surface area contributed by atoms with Crippen molar-refractivity contribution >= 4 is 118 Å². The maximum absolute atomic E-state index is 17.8. The molecule has 2 atom stereocenters. The Kier molecular flexibility index (Phi) is 13.1. The van der Waals surface area contributed by atoms with E-state index in [1.165, 1.54) is 23.5 Å². The van der Waals surface area contributed by atoms with Crippen LogP contribution >= 0.6 is 70.1 Å².